The number of allylic oxidation sites excluding steroid dienone is 18. The van der Waals surface area contributed by atoms with Crippen molar-refractivity contribution in [3.63, 3.8) is 0 Å². The van der Waals surface area contributed by atoms with Crippen molar-refractivity contribution in [1.29, 1.82) is 0 Å². The van der Waals surface area contributed by atoms with Gasteiger partial charge in [-0.05, 0) is 128 Å². The molecule has 0 spiro atoms. The third-order valence-corrected chi connectivity index (χ3v) is 14.0. The van der Waals surface area contributed by atoms with E-state index in [1.807, 2.05) is 0 Å². The molecule has 0 saturated heterocycles. The molecule has 78 heavy (non-hydrogen) atoms. The average Bonchev–Trinajstić information content (AvgIpc) is 3.44. The summed E-state index contributed by atoms with van der Waals surface area (Å²) in [5, 5.41) is 0. The van der Waals surface area contributed by atoms with Gasteiger partial charge in [0.2, 0.25) is 0 Å². The van der Waals surface area contributed by atoms with Gasteiger partial charge in [0.1, 0.15) is 13.2 Å². The number of ether oxygens (including phenoxy) is 3. The van der Waals surface area contributed by atoms with Crippen molar-refractivity contribution in [3.8, 4) is 0 Å². The van der Waals surface area contributed by atoms with Crippen LogP contribution >= 0.6 is 0 Å². The SMILES string of the molecule is CC/C=C\C/C=C\C/C=C\C/C=C\C/C=C\C/C=C\C/C=C\CCCCCCCC(=O)OCC(COC(=O)CCCCCCC/C=C\CCCCCCCC)OC(=O)CCCCCCCCC/C=C\CCCCCCCCC. The third-order valence-electron chi connectivity index (χ3n) is 14.0. The van der Waals surface area contributed by atoms with Crippen molar-refractivity contribution in [2.45, 2.75) is 316 Å². The van der Waals surface area contributed by atoms with Gasteiger partial charge in [-0.3, -0.25) is 14.4 Å². The van der Waals surface area contributed by atoms with Crippen LogP contribution < -0.4 is 0 Å². The Bertz CT molecular complexity index is 1570. The predicted molar refractivity (Wildman–Crippen MR) is 339 cm³/mol. The van der Waals surface area contributed by atoms with Crippen LogP contribution in [0.15, 0.2) is 109 Å². The molecule has 0 aromatic rings. The van der Waals surface area contributed by atoms with Crippen molar-refractivity contribution in [2.75, 3.05) is 13.2 Å². The highest BCUT2D eigenvalue weighted by molar-refractivity contribution is 5.71. The van der Waals surface area contributed by atoms with Crippen LogP contribution in [0.25, 0.3) is 0 Å². The highest BCUT2D eigenvalue weighted by Crippen LogP contribution is 2.15. The van der Waals surface area contributed by atoms with Crippen LogP contribution in [0.1, 0.15) is 310 Å². The molecule has 0 saturated carbocycles. The van der Waals surface area contributed by atoms with Crippen molar-refractivity contribution in [2.24, 2.45) is 0 Å². The van der Waals surface area contributed by atoms with Gasteiger partial charge in [-0.25, -0.2) is 0 Å². The minimum Gasteiger partial charge on any atom is -0.462 e. The maximum Gasteiger partial charge on any atom is 0.306 e. The number of hydrogen-bond donors (Lipinski definition) is 0. The van der Waals surface area contributed by atoms with Crippen LogP contribution in [-0.4, -0.2) is 37.2 Å². The molecule has 6 nitrogen and oxygen atoms in total. The van der Waals surface area contributed by atoms with Gasteiger partial charge in [0.25, 0.3) is 0 Å². The topological polar surface area (TPSA) is 78.9 Å². The van der Waals surface area contributed by atoms with E-state index in [0.29, 0.717) is 19.3 Å². The van der Waals surface area contributed by atoms with Crippen molar-refractivity contribution in [3.05, 3.63) is 109 Å². The Morgan fingerprint density at radius 3 is 0.795 bits per heavy atom. The van der Waals surface area contributed by atoms with E-state index in [1.54, 1.807) is 0 Å². The summed E-state index contributed by atoms with van der Waals surface area (Å²) in [6, 6.07) is 0. The highest BCUT2D eigenvalue weighted by atomic mass is 16.6. The molecule has 0 fully saturated rings. The normalized spacial score (nSPS) is 12.8. The Hall–Kier alpha value is -3.93. The molecule has 0 N–H and O–H groups in total. The van der Waals surface area contributed by atoms with E-state index >= 15 is 0 Å². The number of rotatable bonds is 59. The Morgan fingerprint density at radius 1 is 0.269 bits per heavy atom. The van der Waals surface area contributed by atoms with Crippen LogP contribution in [0.5, 0.6) is 0 Å². The van der Waals surface area contributed by atoms with Gasteiger partial charge in [-0.15, -0.1) is 0 Å². The molecular formula is C72H122O6. The zero-order chi connectivity index (χ0) is 56.4. The molecule has 0 heterocycles. The van der Waals surface area contributed by atoms with Gasteiger partial charge in [0.15, 0.2) is 6.10 Å². The average molecular weight is 1080 g/mol. The minimum atomic E-state index is -0.795. The Kier molecular flexibility index (Phi) is 62.3. The standard InChI is InChI=1S/C72H122O6/c1-4-7-10-13-16-19-22-25-28-30-32-33-34-35-36-37-38-39-40-42-44-47-50-53-56-59-62-65-71(74)77-68-69(67-76-70(73)64-61-58-55-52-49-46-43-27-24-21-18-15-12-9-6-3)78-72(75)66-63-60-57-54-51-48-45-41-31-29-26-23-20-17-14-11-8-5-2/h7,10,16,19,25,27-29,31-33,35-36,38-39,42-44,69H,4-6,8-9,11-15,17-18,20-24,26,30,34,37,40-41,45-68H2,1-3H3/b10-7-,19-16-,28-25-,31-29-,33-32-,36-35-,39-38-,43-27-,44-42-. The summed E-state index contributed by atoms with van der Waals surface area (Å²) in [5.41, 5.74) is 0. The number of hydrogen-bond acceptors (Lipinski definition) is 6. The van der Waals surface area contributed by atoms with E-state index in [1.165, 1.54) is 141 Å². The second kappa shape index (κ2) is 65.6. The molecule has 0 aliphatic rings. The van der Waals surface area contributed by atoms with Crippen LogP contribution in [0, 0.1) is 0 Å². The van der Waals surface area contributed by atoms with E-state index in [9.17, 15) is 14.4 Å². The summed E-state index contributed by atoms with van der Waals surface area (Å²) in [6.07, 6.45) is 89.5. The first-order valence-electron chi connectivity index (χ1n) is 32.9. The van der Waals surface area contributed by atoms with Gasteiger partial charge in [0.05, 0.1) is 0 Å². The summed E-state index contributed by atoms with van der Waals surface area (Å²) in [7, 11) is 0. The fraction of sp³-hybridized carbons (Fsp3) is 0.708. The van der Waals surface area contributed by atoms with E-state index in [4.69, 9.17) is 14.2 Å². The molecule has 0 rings (SSSR count). The second-order valence-corrected chi connectivity index (χ2v) is 21.6. The van der Waals surface area contributed by atoms with Gasteiger partial charge >= 0.3 is 17.9 Å². The lowest BCUT2D eigenvalue weighted by atomic mass is 10.1. The van der Waals surface area contributed by atoms with E-state index in [-0.39, 0.29) is 31.1 Å². The monoisotopic (exact) mass is 1080 g/mol. The zero-order valence-electron chi connectivity index (χ0n) is 51.2. The fourth-order valence-corrected chi connectivity index (χ4v) is 9.06. The largest absolute Gasteiger partial charge is 0.462 e. The summed E-state index contributed by atoms with van der Waals surface area (Å²) < 4.78 is 16.9. The lowest BCUT2D eigenvalue weighted by molar-refractivity contribution is -0.167. The van der Waals surface area contributed by atoms with Gasteiger partial charge < -0.3 is 14.2 Å². The summed E-state index contributed by atoms with van der Waals surface area (Å²) in [5.74, 6) is -0.913. The predicted octanol–water partition coefficient (Wildman–Crippen LogP) is 22.6. The van der Waals surface area contributed by atoms with Gasteiger partial charge in [-0.2, -0.15) is 0 Å². The molecule has 6 heteroatoms. The number of carbonyl (C=O) groups is 3. The molecule has 0 aliphatic heterocycles. The van der Waals surface area contributed by atoms with Gasteiger partial charge in [0, 0.05) is 19.3 Å². The van der Waals surface area contributed by atoms with E-state index in [2.05, 4.69) is 130 Å². The molecule has 0 bridgehead atoms. The maximum atomic E-state index is 12.9. The molecule has 0 aliphatic carbocycles. The molecule has 0 aromatic carbocycles. The van der Waals surface area contributed by atoms with Crippen LogP contribution in [0.3, 0.4) is 0 Å². The number of carbonyl (C=O) groups excluding carboxylic acids is 3. The van der Waals surface area contributed by atoms with Crippen LogP contribution in [0.2, 0.25) is 0 Å². The summed E-state index contributed by atoms with van der Waals surface area (Å²) >= 11 is 0. The summed E-state index contributed by atoms with van der Waals surface area (Å²) in [4.78, 5) is 38.4. The quantitative estimate of drug-likeness (QED) is 0.0261. The van der Waals surface area contributed by atoms with Gasteiger partial charge in [-0.1, -0.05) is 271 Å². The van der Waals surface area contributed by atoms with Crippen LogP contribution in [0.4, 0.5) is 0 Å². The van der Waals surface area contributed by atoms with Crippen LogP contribution in [-0.2, 0) is 28.6 Å². The molecule has 0 aromatic heterocycles. The number of unbranched alkanes of at least 4 members (excludes halogenated alkanes) is 30. The Morgan fingerprint density at radius 2 is 0.500 bits per heavy atom. The second-order valence-electron chi connectivity index (χ2n) is 21.6. The first kappa shape index (κ1) is 74.1. The van der Waals surface area contributed by atoms with Crippen molar-refractivity contribution >= 4 is 17.9 Å². The summed E-state index contributed by atoms with van der Waals surface area (Å²) in [6.45, 7) is 6.52. The lowest BCUT2D eigenvalue weighted by Gasteiger charge is -2.18. The lowest BCUT2D eigenvalue weighted by Crippen LogP contribution is -2.30. The van der Waals surface area contributed by atoms with E-state index in [0.717, 1.165) is 128 Å². The number of esters is 3. The molecule has 446 valence electrons. The Labute approximate surface area is 482 Å². The molecular weight excluding hydrogens is 961 g/mol. The first-order chi connectivity index (χ1) is 38.5. The smallest absolute Gasteiger partial charge is 0.306 e. The maximum absolute atomic E-state index is 12.9. The first-order valence-corrected chi connectivity index (χ1v) is 32.9. The molecule has 0 radical (unpaired) electrons. The Balaban J connectivity index is 4.41. The highest BCUT2D eigenvalue weighted by Gasteiger charge is 2.19. The molecule has 0 amide bonds. The molecule has 1 unspecified atom stereocenters. The minimum absolute atomic E-state index is 0.0902. The van der Waals surface area contributed by atoms with E-state index < -0.39 is 6.10 Å². The third kappa shape index (κ3) is 62.9. The van der Waals surface area contributed by atoms with Crippen molar-refractivity contribution < 1.29 is 28.6 Å². The zero-order valence-corrected chi connectivity index (χ0v) is 51.2. The van der Waals surface area contributed by atoms with Crippen molar-refractivity contribution in [1.82, 2.24) is 0 Å². The molecule has 1 atom stereocenters. The fourth-order valence-electron chi connectivity index (χ4n) is 9.06.